The molecule has 1 saturated carbocycles. The molecule has 3 rings (SSSR count). The lowest BCUT2D eigenvalue weighted by atomic mass is 9.89. The second-order valence-electron chi connectivity index (χ2n) is 4.81. The molecular formula is C14H19NO2. The molecular weight excluding hydrogens is 214 g/mol. The van der Waals surface area contributed by atoms with Gasteiger partial charge < -0.3 is 14.8 Å². The van der Waals surface area contributed by atoms with Crippen LogP contribution < -0.4 is 10.1 Å². The minimum absolute atomic E-state index is 0.468. The fraction of sp³-hybridized carbons (Fsp3) is 0.571. The Bertz CT molecular complexity index is 399. The van der Waals surface area contributed by atoms with E-state index in [1.807, 2.05) is 0 Å². The Kier molecular flexibility index (Phi) is 2.93. The first kappa shape index (κ1) is 10.9. The zero-order valence-corrected chi connectivity index (χ0v) is 10.2. The predicted molar refractivity (Wildman–Crippen MR) is 67.7 cm³/mol. The average Bonchev–Trinajstić information content (AvgIpc) is 2.73. The molecule has 0 aromatic heterocycles. The Morgan fingerprint density at radius 2 is 2.29 bits per heavy atom. The van der Waals surface area contributed by atoms with Crippen molar-refractivity contribution in [3.63, 3.8) is 0 Å². The monoisotopic (exact) mass is 233 g/mol. The molecule has 0 atom stereocenters. The van der Waals surface area contributed by atoms with Crippen LogP contribution in [-0.4, -0.2) is 25.4 Å². The zero-order chi connectivity index (χ0) is 11.7. The Morgan fingerprint density at radius 1 is 1.41 bits per heavy atom. The van der Waals surface area contributed by atoms with Crippen LogP contribution in [0.5, 0.6) is 5.75 Å². The summed E-state index contributed by atoms with van der Waals surface area (Å²) in [5, 5.41) is 3.56. The van der Waals surface area contributed by atoms with Gasteiger partial charge in [-0.05, 0) is 43.5 Å². The van der Waals surface area contributed by atoms with Gasteiger partial charge in [0.2, 0.25) is 0 Å². The maximum atomic E-state index is 5.56. The van der Waals surface area contributed by atoms with Crippen molar-refractivity contribution in [2.75, 3.05) is 18.5 Å². The van der Waals surface area contributed by atoms with Gasteiger partial charge in [-0.15, -0.1) is 0 Å². The molecule has 17 heavy (non-hydrogen) atoms. The van der Waals surface area contributed by atoms with Crippen molar-refractivity contribution < 1.29 is 9.47 Å². The van der Waals surface area contributed by atoms with Crippen LogP contribution in [0.25, 0.3) is 0 Å². The van der Waals surface area contributed by atoms with Gasteiger partial charge in [0.15, 0.2) is 0 Å². The highest BCUT2D eigenvalue weighted by atomic mass is 16.5. The number of ether oxygens (including phenoxy) is 2. The summed E-state index contributed by atoms with van der Waals surface area (Å²) in [6, 6.07) is 6.98. The van der Waals surface area contributed by atoms with Gasteiger partial charge in [-0.3, -0.25) is 0 Å². The molecule has 1 aromatic rings. The van der Waals surface area contributed by atoms with E-state index < -0.39 is 0 Å². The quantitative estimate of drug-likeness (QED) is 0.867. The Balaban J connectivity index is 1.56. The molecule has 0 unspecified atom stereocenters. The van der Waals surface area contributed by atoms with Gasteiger partial charge in [0.25, 0.3) is 0 Å². The van der Waals surface area contributed by atoms with Gasteiger partial charge in [0.05, 0.1) is 12.7 Å². The number of anilines is 1. The number of rotatable bonds is 4. The van der Waals surface area contributed by atoms with Crippen LogP contribution >= 0.6 is 0 Å². The summed E-state index contributed by atoms with van der Waals surface area (Å²) in [5.41, 5.74) is 2.55. The lowest BCUT2D eigenvalue weighted by molar-refractivity contribution is 0.00299. The van der Waals surface area contributed by atoms with E-state index in [0.29, 0.717) is 12.1 Å². The van der Waals surface area contributed by atoms with Crippen LogP contribution in [0.4, 0.5) is 5.69 Å². The molecule has 0 radical (unpaired) electrons. The Labute approximate surface area is 102 Å². The third kappa shape index (κ3) is 2.25. The van der Waals surface area contributed by atoms with Crippen molar-refractivity contribution in [2.24, 2.45) is 0 Å². The summed E-state index contributed by atoms with van der Waals surface area (Å²) in [4.78, 5) is 0. The van der Waals surface area contributed by atoms with E-state index in [-0.39, 0.29) is 0 Å². The van der Waals surface area contributed by atoms with Crippen molar-refractivity contribution in [1.29, 1.82) is 0 Å². The van der Waals surface area contributed by atoms with Crippen LogP contribution in [0.2, 0.25) is 0 Å². The molecule has 1 aliphatic heterocycles. The van der Waals surface area contributed by atoms with Gasteiger partial charge in [-0.2, -0.15) is 0 Å². The van der Waals surface area contributed by atoms with Gasteiger partial charge >= 0.3 is 0 Å². The molecule has 1 heterocycles. The van der Waals surface area contributed by atoms with Gasteiger partial charge in [-0.25, -0.2) is 0 Å². The highest BCUT2D eigenvalue weighted by molar-refractivity contribution is 5.53. The summed E-state index contributed by atoms with van der Waals surface area (Å²) in [6.07, 6.45) is 3.76. The molecule has 0 spiro atoms. The number of nitrogens with one attached hydrogen (secondary N) is 1. The van der Waals surface area contributed by atoms with E-state index in [1.54, 1.807) is 0 Å². The van der Waals surface area contributed by atoms with Gasteiger partial charge in [-0.1, -0.05) is 0 Å². The van der Waals surface area contributed by atoms with Crippen LogP contribution in [0.3, 0.4) is 0 Å². The number of hydrogen-bond acceptors (Lipinski definition) is 3. The third-order valence-electron chi connectivity index (χ3n) is 3.56. The van der Waals surface area contributed by atoms with E-state index in [1.165, 1.54) is 11.3 Å². The first-order valence-corrected chi connectivity index (χ1v) is 6.49. The third-order valence-corrected chi connectivity index (χ3v) is 3.56. The molecule has 0 saturated heterocycles. The molecule has 1 aliphatic carbocycles. The number of benzene rings is 1. The SMILES string of the molecule is CCOC1CC(Nc2ccc3c(c2)CCO3)C1. The van der Waals surface area contributed by atoms with Crippen molar-refractivity contribution >= 4 is 5.69 Å². The standard InChI is InChI=1S/C14H19NO2/c1-2-16-13-8-12(9-13)15-11-3-4-14-10(7-11)5-6-17-14/h3-4,7,12-13,15H,2,5-6,8-9H2,1H3. The molecule has 3 nitrogen and oxygen atoms in total. The summed E-state index contributed by atoms with van der Waals surface area (Å²) in [5.74, 6) is 1.05. The zero-order valence-electron chi connectivity index (χ0n) is 10.2. The summed E-state index contributed by atoms with van der Waals surface area (Å²) in [7, 11) is 0. The molecule has 1 N–H and O–H groups in total. The van der Waals surface area contributed by atoms with Crippen molar-refractivity contribution in [3.05, 3.63) is 23.8 Å². The summed E-state index contributed by atoms with van der Waals surface area (Å²) >= 11 is 0. The van der Waals surface area contributed by atoms with E-state index in [9.17, 15) is 0 Å². The highest BCUT2D eigenvalue weighted by Gasteiger charge is 2.29. The van der Waals surface area contributed by atoms with Gasteiger partial charge in [0.1, 0.15) is 5.75 Å². The van der Waals surface area contributed by atoms with Crippen LogP contribution in [0, 0.1) is 0 Å². The van der Waals surface area contributed by atoms with E-state index >= 15 is 0 Å². The lowest BCUT2D eigenvalue weighted by Crippen LogP contribution is -2.40. The fourth-order valence-electron chi connectivity index (χ4n) is 2.57. The predicted octanol–water partition coefficient (Wildman–Crippen LogP) is 2.60. The smallest absolute Gasteiger partial charge is 0.122 e. The second kappa shape index (κ2) is 4.57. The average molecular weight is 233 g/mol. The van der Waals surface area contributed by atoms with Crippen molar-refractivity contribution in [1.82, 2.24) is 0 Å². The van der Waals surface area contributed by atoms with E-state index in [0.717, 1.165) is 38.2 Å². The van der Waals surface area contributed by atoms with Crippen molar-refractivity contribution in [3.8, 4) is 5.75 Å². The minimum Gasteiger partial charge on any atom is -0.493 e. The molecule has 1 fully saturated rings. The Morgan fingerprint density at radius 3 is 3.12 bits per heavy atom. The van der Waals surface area contributed by atoms with E-state index in [2.05, 4.69) is 30.4 Å². The van der Waals surface area contributed by atoms with Gasteiger partial charge in [0, 0.05) is 24.8 Å². The largest absolute Gasteiger partial charge is 0.493 e. The second-order valence-corrected chi connectivity index (χ2v) is 4.81. The maximum Gasteiger partial charge on any atom is 0.122 e. The molecule has 92 valence electrons. The maximum absolute atomic E-state index is 5.56. The normalized spacial score (nSPS) is 25.9. The van der Waals surface area contributed by atoms with Crippen molar-refractivity contribution in [2.45, 2.75) is 38.3 Å². The van der Waals surface area contributed by atoms with Crippen LogP contribution in [0.15, 0.2) is 18.2 Å². The van der Waals surface area contributed by atoms with Crippen LogP contribution in [0.1, 0.15) is 25.3 Å². The van der Waals surface area contributed by atoms with Crippen LogP contribution in [-0.2, 0) is 11.2 Å². The molecule has 0 amide bonds. The fourth-order valence-corrected chi connectivity index (χ4v) is 2.57. The summed E-state index contributed by atoms with van der Waals surface area (Å²) < 4.78 is 11.1. The summed E-state index contributed by atoms with van der Waals surface area (Å²) in [6.45, 7) is 3.71. The van der Waals surface area contributed by atoms with E-state index in [4.69, 9.17) is 9.47 Å². The first-order valence-electron chi connectivity index (χ1n) is 6.49. The minimum atomic E-state index is 0.468. The number of hydrogen-bond donors (Lipinski definition) is 1. The molecule has 3 heteroatoms. The topological polar surface area (TPSA) is 30.5 Å². The molecule has 0 bridgehead atoms. The molecule has 1 aromatic carbocycles. The lowest BCUT2D eigenvalue weighted by Gasteiger charge is -2.36. The first-order chi connectivity index (χ1) is 8.35. The highest BCUT2D eigenvalue weighted by Crippen LogP contribution is 2.31. The molecule has 2 aliphatic rings. The Hall–Kier alpha value is -1.22. The number of fused-ring (bicyclic) bond motifs is 1.